The summed E-state index contributed by atoms with van der Waals surface area (Å²) in [6.45, 7) is 4.31. The van der Waals surface area contributed by atoms with Gasteiger partial charge in [-0.2, -0.15) is 4.98 Å². The van der Waals surface area contributed by atoms with Crippen LogP contribution in [0.25, 0.3) is 0 Å². The van der Waals surface area contributed by atoms with Gasteiger partial charge in [0.1, 0.15) is 5.82 Å². The van der Waals surface area contributed by atoms with Gasteiger partial charge in [0, 0.05) is 43.8 Å². The number of nitrogens with one attached hydrogen (secondary N) is 2. The third-order valence-corrected chi connectivity index (χ3v) is 5.11. The van der Waals surface area contributed by atoms with Crippen LogP contribution in [0.15, 0.2) is 60.8 Å². The van der Waals surface area contributed by atoms with Gasteiger partial charge in [-0.25, -0.2) is 4.98 Å². The molecule has 0 bridgehead atoms. The number of aromatic nitrogens is 2. The maximum atomic E-state index is 6.20. The second kappa shape index (κ2) is 8.46. The smallest absolute Gasteiger partial charge is 0.229 e. The van der Waals surface area contributed by atoms with Crippen LogP contribution in [0.1, 0.15) is 0 Å². The summed E-state index contributed by atoms with van der Waals surface area (Å²) in [5.41, 5.74) is 3.01. The molecule has 1 aliphatic heterocycles. The van der Waals surface area contributed by atoms with E-state index >= 15 is 0 Å². The molecule has 6 nitrogen and oxygen atoms in total. The molecule has 0 unspecified atom stereocenters. The third-order valence-electron chi connectivity index (χ3n) is 4.78. The first-order valence-corrected chi connectivity index (χ1v) is 9.70. The third kappa shape index (κ3) is 4.52. The number of likely N-dealkylation sites (N-methyl/N-ethyl adjacent to an activating group) is 1. The highest BCUT2D eigenvalue weighted by molar-refractivity contribution is 6.33. The Hall–Kier alpha value is -2.83. The maximum absolute atomic E-state index is 6.20. The van der Waals surface area contributed by atoms with Crippen molar-refractivity contribution in [3.05, 3.63) is 65.8 Å². The van der Waals surface area contributed by atoms with Crippen LogP contribution in [0.5, 0.6) is 0 Å². The number of nitrogens with zero attached hydrogens (tertiary/aromatic N) is 4. The molecule has 0 aliphatic carbocycles. The fourth-order valence-corrected chi connectivity index (χ4v) is 3.32. The molecule has 2 N–H and O–H groups in total. The SMILES string of the molecule is CN1CCN(c2ccc(Nc3nccc(Nc4ccccc4Cl)n3)cc2)CC1. The van der Waals surface area contributed by atoms with E-state index in [1.807, 2.05) is 30.3 Å². The Morgan fingerprint density at radius 3 is 2.39 bits per heavy atom. The molecule has 4 rings (SSSR count). The minimum absolute atomic E-state index is 0.532. The van der Waals surface area contributed by atoms with Gasteiger partial charge in [0.05, 0.1) is 10.7 Å². The summed E-state index contributed by atoms with van der Waals surface area (Å²) in [5.74, 6) is 1.21. The molecule has 1 aromatic heterocycles. The number of anilines is 5. The number of hydrogen-bond acceptors (Lipinski definition) is 6. The van der Waals surface area contributed by atoms with Crippen molar-refractivity contribution in [3.8, 4) is 0 Å². The predicted octanol–water partition coefficient (Wildman–Crippen LogP) is 4.37. The standard InChI is InChI=1S/C21H23ClN6/c1-27-12-14-28(15-13-27)17-8-6-16(7-9-17)24-21-23-11-10-20(26-21)25-19-5-3-2-4-18(19)22/h2-11H,12-15H2,1H3,(H2,23,24,25,26). The van der Waals surface area contributed by atoms with Crippen LogP contribution in [-0.4, -0.2) is 48.1 Å². The Morgan fingerprint density at radius 1 is 0.893 bits per heavy atom. The van der Waals surface area contributed by atoms with Crippen LogP contribution in [0.4, 0.5) is 28.8 Å². The summed E-state index contributed by atoms with van der Waals surface area (Å²) in [4.78, 5) is 13.6. The first kappa shape index (κ1) is 18.5. The van der Waals surface area contributed by atoms with Gasteiger partial charge in [0.15, 0.2) is 0 Å². The van der Waals surface area contributed by atoms with Crippen molar-refractivity contribution in [1.29, 1.82) is 0 Å². The lowest BCUT2D eigenvalue weighted by Crippen LogP contribution is -2.44. The van der Waals surface area contributed by atoms with E-state index in [0.717, 1.165) is 37.6 Å². The fourth-order valence-electron chi connectivity index (χ4n) is 3.14. The average Bonchev–Trinajstić information content (AvgIpc) is 2.71. The fraction of sp³-hybridized carbons (Fsp3) is 0.238. The lowest BCUT2D eigenvalue weighted by atomic mass is 10.2. The lowest BCUT2D eigenvalue weighted by Gasteiger charge is -2.34. The van der Waals surface area contributed by atoms with Crippen molar-refractivity contribution in [1.82, 2.24) is 14.9 Å². The largest absolute Gasteiger partial charge is 0.369 e. The second-order valence-electron chi connectivity index (χ2n) is 6.83. The van der Waals surface area contributed by atoms with Gasteiger partial charge < -0.3 is 20.4 Å². The Bertz CT molecular complexity index is 922. The lowest BCUT2D eigenvalue weighted by molar-refractivity contribution is 0.313. The molecule has 28 heavy (non-hydrogen) atoms. The molecule has 0 spiro atoms. The van der Waals surface area contributed by atoms with Crippen molar-refractivity contribution in [2.75, 3.05) is 48.8 Å². The highest BCUT2D eigenvalue weighted by atomic mass is 35.5. The molecule has 2 aromatic carbocycles. The number of rotatable bonds is 5. The molecule has 1 saturated heterocycles. The molecule has 1 aliphatic rings. The molecular weight excluding hydrogens is 372 g/mol. The van der Waals surface area contributed by atoms with Crippen molar-refractivity contribution in [2.24, 2.45) is 0 Å². The first-order valence-electron chi connectivity index (χ1n) is 9.32. The number of piperazine rings is 1. The van der Waals surface area contributed by atoms with Crippen LogP contribution in [0.3, 0.4) is 0 Å². The van der Waals surface area contributed by atoms with E-state index in [9.17, 15) is 0 Å². The van der Waals surface area contributed by atoms with Crippen LogP contribution in [0, 0.1) is 0 Å². The highest BCUT2D eigenvalue weighted by Crippen LogP contribution is 2.25. The Labute approximate surface area is 170 Å². The minimum Gasteiger partial charge on any atom is -0.369 e. The van der Waals surface area contributed by atoms with Gasteiger partial charge >= 0.3 is 0 Å². The van der Waals surface area contributed by atoms with Gasteiger partial charge in [-0.3, -0.25) is 0 Å². The van der Waals surface area contributed by atoms with Gasteiger partial charge in [0.25, 0.3) is 0 Å². The minimum atomic E-state index is 0.532. The van der Waals surface area contributed by atoms with Crippen molar-refractivity contribution in [2.45, 2.75) is 0 Å². The van der Waals surface area contributed by atoms with Gasteiger partial charge in [0.2, 0.25) is 5.95 Å². The monoisotopic (exact) mass is 394 g/mol. The number of benzene rings is 2. The molecule has 3 aromatic rings. The highest BCUT2D eigenvalue weighted by Gasteiger charge is 2.14. The predicted molar refractivity (Wildman–Crippen MR) is 116 cm³/mol. The molecular formula is C21H23ClN6. The molecule has 0 atom stereocenters. The van der Waals surface area contributed by atoms with Crippen molar-refractivity contribution in [3.63, 3.8) is 0 Å². The topological polar surface area (TPSA) is 56.3 Å². The zero-order chi connectivity index (χ0) is 19.3. The molecule has 1 fully saturated rings. The molecule has 7 heteroatoms. The average molecular weight is 395 g/mol. The zero-order valence-electron chi connectivity index (χ0n) is 15.8. The van der Waals surface area contributed by atoms with Crippen LogP contribution < -0.4 is 15.5 Å². The molecule has 0 amide bonds. The second-order valence-corrected chi connectivity index (χ2v) is 7.24. The van der Waals surface area contributed by atoms with Gasteiger partial charge in [-0.05, 0) is 49.5 Å². The zero-order valence-corrected chi connectivity index (χ0v) is 16.5. The van der Waals surface area contributed by atoms with Crippen LogP contribution in [0.2, 0.25) is 5.02 Å². The number of halogens is 1. The van der Waals surface area contributed by atoms with Crippen LogP contribution in [-0.2, 0) is 0 Å². The van der Waals surface area contributed by atoms with E-state index in [1.54, 1.807) is 6.20 Å². The van der Waals surface area contributed by atoms with Gasteiger partial charge in [-0.1, -0.05) is 23.7 Å². The summed E-state index contributed by atoms with van der Waals surface area (Å²) in [6, 6.07) is 17.8. The normalized spacial score (nSPS) is 14.7. The maximum Gasteiger partial charge on any atom is 0.229 e. The van der Waals surface area contributed by atoms with Crippen molar-refractivity contribution >= 4 is 40.4 Å². The Balaban J connectivity index is 1.42. The summed E-state index contributed by atoms with van der Waals surface area (Å²) < 4.78 is 0. The quantitative estimate of drug-likeness (QED) is 0.670. The van der Waals surface area contributed by atoms with E-state index in [4.69, 9.17) is 11.6 Å². The summed E-state index contributed by atoms with van der Waals surface area (Å²) in [7, 11) is 2.17. The van der Waals surface area contributed by atoms with E-state index < -0.39 is 0 Å². The number of para-hydroxylation sites is 1. The summed E-state index contributed by atoms with van der Waals surface area (Å²) in [5, 5.41) is 7.13. The van der Waals surface area contributed by atoms with E-state index in [0.29, 0.717) is 16.8 Å². The van der Waals surface area contributed by atoms with E-state index in [-0.39, 0.29) is 0 Å². The molecule has 2 heterocycles. The Kier molecular flexibility index (Phi) is 5.60. The number of hydrogen-bond donors (Lipinski definition) is 2. The Morgan fingerprint density at radius 2 is 1.64 bits per heavy atom. The van der Waals surface area contributed by atoms with E-state index in [2.05, 4.69) is 61.7 Å². The van der Waals surface area contributed by atoms with Crippen molar-refractivity contribution < 1.29 is 0 Å². The first-order chi connectivity index (χ1) is 13.7. The molecule has 0 radical (unpaired) electrons. The summed E-state index contributed by atoms with van der Waals surface area (Å²) in [6.07, 6.45) is 1.72. The molecule has 144 valence electrons. The summed E-state index contributed by atoms with van der Waals surface area (Å²) >= 11 is 6.20. The van der Waals surface area contributed by atoms with E-state index in [1.165, 1.54) is 5.69 Å². The van der Waals surface area contributed by atoms with Crippen LogP contribution >= 0.6 is 11.6 Å². The molecule has 0 saturated carbocycles. The van der Waals surface area contributed by atoms with Gasteiger partial charge in [-0.15, -0.1) is 0 Å².